The smallest absolute Gasteiger partial charge is 0.407 e. The van der Waals surface area contributed by atoms with E-state index in [1.165, 1.54) is 4.90 Å². The van der Waals surface area contributed by atoms with Crippen molar-refractivity contribution < 1.29 is 14.6 Å². The SMILES string of the molecule is Cn1c(-c2ccncc2)nc2c(N3CCOCC3)nc(-n3ccc(CC4CN(C(=O)O)C4)n3)nc21. The molecule has 0 radical (unpaired) electrons. The van der Waals surface area contributed by atoms with Crippen LogP contribution in [-0.4, -0.2) is 89.8 Å². The van der Waals surface area contributed by atoms with Crippen LogP contribution in [0.4, 0.5) is 10.6 Å². The molecule has 1 N–H and O–H groups in total. The Morgan fingerprint density at radius 3 is 2.63 bits per heavy atom. The van der Waals surface area contributed by atoms with E-state index in [1.807, 2.05) is 36.0 Å². The molecule has 0 bridgehead atoms. The Bertz CT molecular complexity index is 1370. The first-order chi connectivity index (χ1) is 17.1. The minimum atomic E-state index is -0.869. The molecule has 180 valence electrons. The first-order valence-corrected chi connectivity index (χ1v) is 11.6. The summed E-state index contributed by atoms with van der Waals surface area (Å²) >= 11 is 0. The Balaban J connectivity index is 1.37. The van der Waals surface area contributed by atoms with Crippen molar-refractivity contribution in [2.75, 3.05) is 44.3 Å². The van der Waals surface area contributed by atoms with E-state index < -0.39 is 6.09 Å². The van der Waals surface area contributed by atoms with Crippen molar-refractivity contribution in [2.45, 2.75) is 6.42 Å². The normalized spacial score (nSPS) is 16.6. The zero-order valence-corrected chi connectivity index (χ0v) is 19.3. The van der Waals surface area contributed by atoms with Crippen LogP contribution in [0.3, 0.4) is 0 Å². The number of aromatic nitrogens is 7. The van der Waals surface area contributed by atoms with Gasteiger partial charge in [0, 0.05) is 57.4 Å². The maximum absolute atomic E-state index is 11.0. The molecule has 2 aliphatic rings. The Morgan fingerprint density at radius 2 is 1.89 bits per heavy atom. The van der Waals surface area contributed by atoms with Crippen LogP contribution in [-0.2, 0) is 18.2 Å². The van der Waals surface area contributed by atoms with Crippen molar-refractivity contribution in [2.24, 2.45) is 13.0 Å². The number of aryl methyl sites for hydroxylation is 1. The number of pyridine rings is 1. The molecular formula is C23H25N9O3. The van der Waals surface area contributed by atoms with Crippen LogP contribution in [0, 0.1) is 5.92 Å². The second kappa shape index (κ2) is 8.62. The van der Waals surface area contributed by atoms with Gasteiger partial charge in [-0.1, -0.05) is 0 Å². The largest absolute Gasteiger partial charge is 0.465 e. The number of hydrogen-bond acceptors (Lipinski definition) is 8. The number of carboxylic acid groups (broad SMARTS) is 1. The van der Waals surface area contributed by atoms with Gasteiger partial charge in [-0.05, 0) is 30.5 Å². The van der Waals surface area contributed by atoms with Gasteiger partial charge in [0.05, 0.1) is 18.9 Å². The summed E-state index contributed by atoms with van der Waals surface area (Å²) in [5, 5.41) is 13.8. The molecule has 0 aromatic carbocycles. The lowest BCUT2D eigenvalue weighted by molar-refractivity contribution is 0.0815. The molecule has 2 fully saturated rings. The molecule has 0 spiro atoms. The standard InChI is InChI=1S/C23H25N9O3/c1-29-19(16-2-5-24-6-3-16)25-18-20(29)26-22(27-21(18)30-8-10-35-11-9-30)32-7-4-17(28-32)12-15-13-31(14-15)23(33)34/h2-7,15H,8-14H2,1H3,(H,33,34). The van der Waals surface area contributed by atoms with Crippen molar-refractivity contribution in [1.82, 2.24) is 39.2 Å². The third-order valence-electron chi connectivity index (χ3n) is 6.51. The molecule has 0 aliphatic carbocycles. The van der Waals surface area contributed by atoms with Gasteiger partial charge in [-0.3, -0.25) is 4.98 Å². The van der Waals surface area contributed by atoms with Gasteiger partial charge in [0.2, 0.25) is 0 Å². The molecule has 12 nitrogen and oxygen atoms in total. The van der Waals surface area contributed by atoms with Crippen molar-refractivity contribution in [3.8, 4) is 17.3 Å². The number of anilines is 1. The summed E-state index contributed by atoms with van der Waals surface area (Å²) in [6.07, 6.45) is 5.20. The number of rotatable bonds is 5. The summed E-state index contributed by atoms with van der Waals surface area (Å²) in [6, 6.07) is 5.79. The minimum absolute atomic E-state index is 0.279. The van der Waals surface area contributed by atoms with Crippen LogP contribution in [0.25, 0.3) is 28.5 Å². The van der Waals surface area contributed by atoms with Crippen LogP contribution in [0.2, 0.25) is 0 Å². The summed E-state index contributed by atoms with van der Waals surface area (Å²) in [7, 11) is 1.95. The first-order valence-electron chi connectivity index (χ1n) is 11.6. The molecule has 2 aliphatic heterocycles. The van der Waals surface area contributed by atoms with E-state index in [0.29, 0.717) is 38.7 Å². The van der Waals surface area contributed by atoms with Gasteiger partial charge in [-0.2, -0.15) is 15.1 Å². The van der Waals surface area contributed by atoms with Crippen LogP contribution >= 0.6 is 0 Å². The van der Waals surface area contributed by atoms with E-state index in [1.54, 1.807) is 17.1 Å². The van der Waals surface area contributed by atoms with E-state index in [0.717, 1.165) is 47.2 Å². The highest BCUT2D eigenvalue weighted by atomic mass is 16.5. The fourth-order valence-corrected chi connectivity index (χ4v) is 4.63. The molecule has 6 rings (SSSR count). The van der Waals surface area contributed by atoms with E-state index in [2.05, 4.69) is 9.88 Å². The Hall–Kier alpha value is -4.06. The molecule has 2 saturated heterocycles. The van der Waals surface area contributed by atoms with Gasteiger partial charge in [-0.15, -0.1) is 0 Å². The molecular weight excluding hydrogens is 450 g/mol. The van der Waals surface area contributed by atoms with Gasteiger partial charge in [0.15, 0.2) is 17.0 Å². The van der Waals surface area contributed by atoms with Crippen molar-refractivity contribution in [3.05, 3.63) is 42.5 Å². The van der Waals surface area contributed by atoms with Crippen molar-refractivity contribution >= 4 is 23.1 Å². The lowest BCUT2D eigenvalue weighted by Gasteiger charge is -2.36. The number of fused-ring (bicyclic) bond motifs is 1. The maximum atomic E-state index is 11.0. The fraction of sp³-hybridized carbons (Fsp3) is 0.391. The zero-order chi connectivity index (χ0) is 23.9. The molecule has 35 heavy (non-hydrogen) atoms. The number of ether oxygens (including phenoxy) is 1. The molecule has 4 aromatic rings. The third-order valence-corrected chi connectivity index (χ3v) is 6.51. The molecule has 0 saturated carbocycles. The van der Waals surface area contributed by atoms with E-state index in [4.69, 9.17) is 29.9 Å². The van der Waals surface area contributed by atoms with Crippen LogP contribution < -0.4 is 4.90 Å². The Kier molecular flexibility index (Phi) is 5.29. The summed E-state index contributed by atoms with van der Waals surface area (Å²) in [6.45, 7) is 3.78. The van der Waals surface area contributed by atoms with Gasteiger partial charge < -0.3 is 24.2 Å². The summed E-state index contributed by atoms with van der Waals surface area (Å²) in [5.41, 5.74) is 3.29. The molecule has 0 unspecified atom stereocenters. The minimum Gasteiger partial charge on any atom is -0.465 e. The highest BCUT2D eigenvalue weighted by molar-refractivity contribution is 5.87. The number of morpholine rings is 1. The topological polar surface area (TPSA) is 127 Å². The fourth-order valence-electron chi connectivity index (χ4n) is 4.63. The zero-order valence-electron chi connectivity index (χ0n) is 19.3. The van der Waals surface area contributed by atoms with Gasteiger partial charge >= 0.3 is 6.09 Å². The number of nitrogens with zero attached hydrogens (tertiary/aromatic N) is 9. The third kappa shape index (κ3) is 3.95. The van der Waals surface area contributed by atoms with E-state index in [9.17, 15) is 4.79 Å². The van der Waals surface area contributed by atoms with Crippen LogP contribution in [0.1, 0.15) is 5.69 Å². The monoisotopic (exact) mass is 475 g/mol. The van der Waals surface area contributed by atoms with Crippen LogP contribution in [0.15, 0.2) is 36.8 Å². The molecule has 6 heterocycles. The highest BCUT2D eigenvalue weighted by Crippen LogP contribution is 2.29. The summed E-state index contributed by atoms with van der Waals surface area (Å²) in [5.74, 6) is 2.30. The lowest BCUT2D eigenvalue weighted by Crippen LogP contribution is -2.50. The van der Waals surface area contributed by atoms with Gasteiger partial charge in [0.25, 0.3) is 5.95 Å². The average Bonchev–Trinajstić information content (AvgIpc) is 3.46. The Labute approximate surface area is 200 Å². The highest BCUT2D eigenvalue weighted by Gasteiger charge is 2.31. The quantitative estimate of drug-likeness (QED) is 0.458. The van der Waals surface area contributed by atoms with E-state index in [-0.39, 0.29) is 5.92 Å². The second-order valence-corrected chi connectivity index (χ2v) is 8.86. The molecule has 4 aromatic heterocycles. The predicted molar refractivity (Wildman–Crippen MR) is 126 cm³/mol. The number of carbonyl (C=O) groups is 1. The van der Waals surface area contributed by atoms with Crippen LogP contribution in [0.5, 0.6) is 0 Å². The summed E-state index contributed by atoms with van der Waals surface area (Å²) < 4.78 is 9.21. The number of imidazole rings is 1. The van der Waals surface area contributed by atoms with E-state index >= 15 is 0 Å². The number of likely N-dealkylation sites (tertiary alicyclic amines) is 1. The lowest BCUT2D eigenvalue weighted by atomic mass is 9.95. The second-order valence-electron chi connectivity index (χ2n) is 8.86. The van der Waals surface area contributed by atoms with Gasteiger partial charge in [-0.25, -0.2) is 14.5 Å². The number of hydrogen-bond donors (Lipinski definition) is 1. The van der Waals surface area contributed by atoms with Crippen molar-refractivity contribution in [1.29, 1.82) is 0 Å². The molecule has 12 heteroatoms. The summed E-state index contributed by atoms with van der Waals surface area (Å²) in [4.78, 5) is 33.4. The molecule has 0 atom stereocenters. The average molecular weight is 476 g/mol. The predicted octanol–water partition coefficient (Wildman–Crippen LogP) is 1.60. The Morgan fingerprint density at radius 1 is 1.11 bits per heavy atom. The van der Waals surface area contributed by atoms with Gasteiger partial charge in [0.1, 0.15) is 5.82 Å². The first kappa shape index (κ1) is 21.5. The maximum Gasteiger partial charge on any atom is 0.407 e. The number of amides is 1. The molecule has 1 amide bonds. The van der Waals surface area contributed by atoms with Crippen molar-refractivity contribution in [3.63, 3.8) is 0 Å².